The summed E-state index contributed by atoms with van der Waals surface area (Å²) >= 11 is 0. The summed E-state index contributed by atoms with van der Waals surface area (Å²) in [5.74, 6) is 0.339. The number of benzene rings is 2. The fourth-order valence-electron chi connectivity index (χ4n) is 5.58. The van der Waals surface area contributed by atoms with E-state index < -0.39 is 31.8 Å². The van der Waals surface area contributed by atoms with Crippen molar-refractivity contribution in [1.29, 1.82) is 0 Å². The zero-order chi connectivity index (χ0) is 31.4. The molecule has 1 aromatic heterocycles. The molecule has 5 rings (SSSR count). The van der Waals surface area contributed by atoms with Crippen molar-refractivity contribution in [2.45, 2.75) is 53.3 Å². The summed E-state index contributed by atoms with van der Waals surface area (Å²) in [4.78, 5) is 0.299. The molecule has 0 bridgehead atoms. The Kier molecular flexibility index (Phi) is 10.1. The second-order valence-electron chi connectivity index (χ2n) is 11.1. The highest BCUT2D eigenvalue weighted by molar-refractivity contribution is 7.89. The average molecular weight is 650 g/mol. The van der Waals surface area contributed by atoms with Gasteiger partial charge in [0.15, 0.2) is 0 Å². The van der Waals surface area contributed by atoms with Gasteiger partial charge in [0.25, 0.3) is 0 Å². The van der Waals surface area contributed by atoms with Gasteiger partial charge in [0, 0.05) is 43.5 Å². The summed E-state index contributed by atoms with van der Waals surface area (Å²) in [5, 5.41) is 27.1. The maximum atomic E-state index is 13.5. The number of aromatic nitrogens is 2. The number of nitrogens with one attached hydrogen (secondary N) is 2. The fraction of sp³-hybridized carbons (Fsp3) is 0.483. The van der Waals surface area contributed by atoms with Crippen molar-refractivity contribution >= 4 is 20.0 Å². The third kappa shape index (κ3) is 7.49. The summed E-state index contributed by atoms with van der Waals surface area (Å²) in [6.07, 6.45) is 4.43. The van der Waals surface area contributed by atoms with Crippen LogP contribution in [0.3, 0.4) is 0 Å². The van der Waals surface area contributed by atoms with Crippen molar-refractivity contribution in [3.05, 3.63) is 60.9 Å². The molecule has 4 N–H and O–H groups in total. The van der Waals surface area contributed by atoms with Gasteiger partial charge in [-0.05, 0) is 56.1 Å². The minimum absolute atomic E-state index is 0.000313. The van der Waals surface area contributed by atoms with Crippen molar-refractivity contribution in [3.63, 3.8) is 0 Å². The van der Waals surface area contributed by atoms with Gasteiger partial charge in [0.2, 0.25) is 20.0 Å². The molecule has 2 unspecified atom stereocenters. The average Bonchev–Trinajstić information content (AvgIpc) is 3.67. The molecule has 2 aliphatic heterocycles. The van der Waals surface area contributed by atoms with Gasteiger partial charge in [-0.15, -0.1) is 0 Å². The number of aliphatic hydroxyl groups is 2. The molecule has 2 fully saturated rings. The number of hydrogen-bond donors (Lipinski definition) is 4. The molecule has 0 aliphatic carbocycles. The molecule has 0 saturated carbocycles. The maximum Gasteiger partial charge on any atom is 0.243 e. The number of nitrogens with zero attached hydrogens (tertiary/aromatic N) is 3. The number of ether oxygens (including phenoxy) is 2. The molecule has 3 aromatic rings. The SMILES string of the molecule is CNS(=O)(=O)c1cccc(OCC(O)CNC2COC3(CCN(S(=O)(=O)c4cccc(-c5cnn(CCO)c5)c4)CC3)C2)c1. The van der Waals surface area contributed by atoms with Gasteiger partial charge in [-0.25, -0.2) is 21.6 Å². The number of hydrogen-bond acceptors (Lipinski definition) is 10. The van der Waals surface area contributed by atoms with Gasteiger partial charge >= 0.3 is 0 Å². The molecule has 0 amide bonds. The highest BCUT2D eigenvalue weighted by atomic mass is 32.2. The third-order valence-electron chi connectivity index (χ3n) is 8.08. The lowest BCUT2D eigenvalue weighted by molar-refractivity contribution is -0.0312. The maximum absolute atomic E-state index is 13.5. The summed E-state index contributed by atoms with van der Waals surface area (Å²) < 4.78 is 68.2. The predicted octanol–water partition coefficient (Wildman–Crippen LogP) is 0.792. The highest BCUT2D eigenvalue weighted by Gasteiger charge is 2.44. The van der Waals surface area contributed by atoms with Crippen LogP contribution >= 0.6 is 0 Å². The second-order valence-corrected chi connectivity index (χ2v) is 14.9. The number of rotatable bonds is 13. The van der Waals surface area contributed by atoms with E-state index in [1.807, 2.05) is 6.07 Å². The highest BCUT2D eigenvalue weighted by Crippen LogP contribution is 2.37. The standard InChI is InChI=1S/C29H39N5O8S2/c1-30-43(37,38)27-6-3-5-26(15-27)41-21-25(36)18-31-24-16-29(42-20-24)8-10-34(11-9-29)44(39,40)28-7-2-4-22(14-28)23-17-32-33(19-23)12-13-35/h2-7,14-15,17,19,24-25,30-31,35-36H,8-13,16,18,20-21H2,1H3. The molecular weight excluding hydrogens is 610 g/mol. The molecule has 240 valence electrons. The number of piperidine rings is 1. The summed E-state index contributed by atoms with van der Waals surface area (Å²) in [6, 6.07) is 12.9. The van der Waals surface area contributed by atoms with Crippen LogP contribution in [0.5, 0.6) is 5.75 Å². The monoisotopic (exact) mass is 649 g/mol. The van der Waals surface area contributed by atoms with Crippen LogP contribution in [0, 0.1) is 0 Å². The van der Waals surface area contributed by atoms with Crippen LogP contribution in [0.4, 0.5) is 0 Å². The Bertz CT molecular complexity index is 1640. The van der Waals surface area contributed by atoms with E-state index in [1.54, 1.807) is 47.4 Å². The molecule has 2 aromatic carbocycles. The Hall–Kier alpha value is -2.89. The van der Waals surface area contributed by atoms with Crippen LogP contribution in [0.1, 0.15) is 19.3 Å². The Morgan fingerprint density at radius 3 is 2.59 bits per heavy atom. The summed E-state index contributed by atoms with van der Waals surface area (Å²) in [6.45, 7) is 1.70. The van der Waals surface area contributed by atoms with Crippen molar-refractivity contribution in [2.75, 3.05) is 46.5 Å². The molecule has 3 heterocycles. The number of aliphatic hydroxyl groups excluding tert-OH is 2. The zero-order valence-electron chi connectivity index (χ0n) is 24.5. The largest absolute Gasteiger partial charge is 0.491 e. The van der Waals surface area contributed by atoms with Crippen LogP contribution in [0.2, 0.25) is 0 Å². The second kappa shape index (κ2) is 13.6. The third-order valence-corrected chi connectivity index (χ3v) is 11.4. The Labute approximate surface area is 257 Å². The summed E-state index contributed by atoms with van der Waals surface area (Å²) in [7, 11) is -5.97. The van der Waals surface area contributed by atoms with E-state index in [0.29, 0.717) is 51.3 Å². The van der Waals surface area contributed by atoms with E-state index in [9.17, 15) is 21.9 Å². The van der Waals surface area contributed by atoms with Gasteiger partial charge < -0.3 is 25.0 Å². The molecule has 2 atom stereocenters. The first-order valence-electron chi connectivity index (χ1n) is 14.5. The molecule has 2 saturated heterocycles. The van der Waals surface area contributed by atoms with E-state index in [0.717, 1.165) is 11.1 Å². The van der Waals surface area contributed by atoms with Gasteiger partial charge in [0.1, 0.15) is 18.5 Å². The van der Waals surface area contributed by atoms with Gasteiger partial charge in [-0.3, -0.25) is 4.68 Å². The van der Waals surface area contributed by atoms with Gasteiger partial charge in [-0.1, -0.05) is 18.2 Å². The lowest BCUT2D eigenvalue weighted by Crippen LogP contribution is -2.47. The molecule has 13 nitrogen and oxygen atoms in total. The van der Waals surface area contributed by atoms with Crippen LogP contribution in [-0.2, 0) is 31.3 Å². The first-order chi connectivity index (χ1) is 21.0. The van der Waals surface area contributed by atoms with E-state index in [2.05, 4.69) is 15.1 Å². The van der Waals surface area contributed by atoms with Crippen molar-refractivity contribution in [3.8, 4) is 16.9 Å². The normalized spacial score (nSPS) is 19.8. The lowest BCUT2D eigenvalue weighted by atomic mass is 9.88. The minimum atomic E-state index is -3.71. The Morgan fingerprint density at radius 1 is 1.09 bits per heavy atom. The van der Waals surface area contributed by atoms with Crippen LogP contribution in [0.25, 0.3) is 11.1 Å². The first-order valence-corrected chi connectivity index (χ1v) is 17.4. The molecule has 15 heteroatoms. The molecule has 1 spiro atoms. The first kappa shape index (κ1) is 32.5. The molecule has 44 heavy (non-hydrogen) atoms. The van der Waals surface area contributed by atoms with Gasteiger partial charge in [0.05, 0.1) is 41.3 Å². The fourth-order valence-corrected chi connectivity index (χ4v) is 7.84. The van der Waals surface area contributed by atoms with Crippen LogP contribution in [-0.4, -0.2) is 105 Å². The lowest BCUT2D eigenvalue weighted by Gasteiger charge is -2.38. The van der Waals surface area contributed by atoms with Crippen molar-refractivity contribution in [2.24, 2.45) is 0 Å². The van der Waals surface area contributed by atoms with E-state index >= 15 is 0 Å². The molecule has 2 aliphatic rings. The quantitative estimate of drug-likeness (QED) is 0.208. The van der Waals surface area contributed by atoms with Crippen molar-refractivity contribution in [1.82, 2.24) is 24.1 Å². The molecule has 0 radical (unpaired) electrons. The molecular formula is C29H39N5O8S2. The smallest absolute Gasteiger partial charge is 0.243 e. The minimum Gasteiger partial charge on any atom is -0.491 e. The Morgan fingerprint density at radius 2 is 1.84 bits per heavy atom. The predicted molar refractivity (Wildman–Crippen MR) is 162 cm³/mol. The topological polar surface area (TPSA) is 172 Å². The zero-order valence-corrected chi connectivity index (χ0v) is 26.1. The summed E-state index contributed by atoms with van der Waals surface area (Å²) in [5.41, 5.74) is 1.09. The van der Waals surface area contributed by atoms with E-state index in [1.165, 1.54) is 23.5 Å². The van der Waals surface area contributed by atoms with Crippen LogP contribution < -0.4 is 14.8 Å². The van der Waals surface area contributed by atoms with E-state index in [4.69, 9.17) is 14.6 Å². The van der Waals surface area contributed by atoms with Gasteiger partial charge in [-0.2, -0.15) is 9.40 Å². The number of sulfonamides is 2. The van der Waals surface area contributed by atoms with Crippen LogP contribution in [0.15, 0.2) is 70.7 Å². The Balaban J connectivity index is 1.10. The van der Waals surface area contributed by atoms with Crippen molar-refractivity contribution < 1.29 is 36.5 Å². The van der Waals surface area contributed by atoms with E-state index in [-0.39, 0.29) is 35.6 Å².